The first kappa shape index (κ1) is 12.9. The lowest BCUT2D eigenvalue weighted by molar-refractivity contribution is 0.560. The summed E-state index contributed by atoms with van der Waals surface area (Å²) in [7, 11) is -3.42. The zero-order valence-electron chi connectivity index (χ0n) is 10.7. The fraction of sp³-hybridized carbons (Fsp3) is 0.462. The number of aryl methyl sites for hydroxylation is 2. The highest BCUT2D eigenvalue weighted by molar-refractivity contribution is 7.92. The van der Waals surface area contributed by atoms with Gasteiger partial charge in [0.2, 0.25) is 0 Å². The van der Waals surface area contributed by atoms with Crippen LogP contribution in [0.3, 0.4) is 0 Å². The summed E-state index contributed by atoms with van der Waals surface area (Å²) in [5.41, 5.74) is 2.53. The van der Waals surface area contributed by atoms with Crippen LogP contribution >= 0.6 is 0 Å². The Morgan fingerprint density at radius 2 is 2.06 bits per heavy atom. The molecular formula is C13H16N2O2S. The lowest BCUT2D eigenvalue weighted by Gasteiger charge is -2.32. The van der Waals surface area contributed by atoms with Crippen molar-refractivity contribution in [3.8, 4) is 6.07 Å². The van der Waals surface area contributed by atoms with Crippen molar-refractivity contribution in [1.29, 1.82) is 5.26 Å². The Balaban J connectivity index is 2.67. The van der Waals surface area contributed by atoms with E-state index in [1.165, 1.54) is 0 Å². The number of hydrogen-bond donors (Lipinski definition) is 1. The Bertz CT molecular complexity index is 629. The Morgan fingerprint density at radius 1 is 1.39 bits per heavy atom. The second kappa shape index (κ2) is 4.29. The molecule has 1 heterocycles. The first-order valence-electron chi connectivity index (χ1n) is 5.86. The fourth-order valence-electron chi connectivity index (χ4n) is 2.47. The number of nitrogens with one attached hydrogen (secondary N) is 1. The van der Waals surface area contributed by atoms with Crippen LogP contribution in [0.15, 0.2) is 17.0 Å². The summed E-state index contributed by atoms with van der Waals surface area (Å²) in [5.74, 6) is 0. The molecule has 0 bridgehead atoms. The quantitative estimate of drug-likeness (QED) is 0.844. The Morgan fingerprint density at radius 3 is 2.67 bits per heavy atom. The normalized spacial score (nSPS) is 24.8. The molecule has 18 heavy (non-hydrogen) atoms. The fourth-order valence-corrected chi connectivity index (χ4v) is 4.55. The van der Waals surface area contributed by atoms with E-state index in [1.54, 1.807) is 6.07 Å². The van der Waals surface area contributed by atoms with Crippen molar-refractivity contribution in [2.45, 2.75) is 43.4 Å². The van der Waals surface area contributed by atoms with E-state index in [9.17, 15) is 8.42 Å². The largest absolute Gasteiger partial charge is 0.380 e. The average Bonchev–Trinajstić information content (AvgIpc) is 2.26. The second-order valence-corrected chi connectivity index (χ2v) is 6.97. The maximum absolute atomic E-state index is 12.5. The standard InChI is InChI=1S/C13H16N2O2S/c1-8-6-9(2)13-12(7-8)18(16,17)11(4-5-14)10(3)15-13/h6-7,10-11,15H,4H2,1-3H3. The van der Waals surface area contributed by atoms with Crippen molar-refractivity contribution in [3.05, 3.63) is 23.3 Å². The number of nitrogens with zero attached hydrogens (tertiary/aromatic N) is 1. The van der Waals surface area contributed by atoms with Crippen LogP contribution in [0.5, 0.6) is 0 Å². The van der Waals surface area contributed by atoms with Gasteiger partial charge in [-0.15, -0.1) is 0 Å². The molecule has 2 unspecified atom stereocenters. The van der Waals surface area contributed by atoms with E-state index in [2.05, 4.69) is 5.32 Å². The monoisotopic (exact) mass is 264 g/mol. The summed E-state index contributed by atoms with van der Waals surface area (Å²) in [6.07, 6.45) is 0.0168. The lowest BCUT2D eigenvalue weighted by atomic mass is 10.1. The minimum Gasteiger partial charge on any atom is -0.380 e. The third-order valence-electron chi connectivity index (χ3n) is 3.37. The van der Waals surface area contributed by atoms with Gasteiger partial charge in [0, 0.05) is 6.04 Å². The number of benzene rings is 1. The number of hydrogen-bond acceptors (Lipinski definition) is 4. The van der Waals surface area contributed by atoms with Crippen molar-refractivity contribution >= 4 is 15.5 Å². The van der Waals surface area contributed by atoms with Gasteiger partial charge >= 0.3 is 0 Å². The van der Waals surface area contributed by atoms with E-state index in [4.69, 9.17) is 5.26 Å². The predicted octanol–water partition coefficient (Wildman–Crippen LogP) is 2.17. The molecule has 1 N–H and O–H groups in total. The molecule has 0 aromatic heterocycles. The highest BCUT2D eigenvalue weighted by atomic mass is 32.2. The van der Waals surface area contributed by atoms with Crippen LogP contribution in [0.1, 0.15) is 24.5 Å². The van der Waals surface area contributed by atoms with Crippen LogP contribution in [-0.2, 0) is 9.84 Å². The molecule has 1 aromatic rings. The summed E-state index contributed by atoms with van der Waals surface area (Å²) in [4.78, 5) is 0.332. The Kier molecular flexibility index (Phi) is 3.07. The van der Waals surface area contributed by atoms with Crippen LogP contribution in [0.4, 0.5) is 5.69 Å². The van der Waals surface area contributed by atoms with E-state index < -0.39 is 15.1 Å². The maximum Gasteiger partial charge on any atom is 0.186 e. The summed E-state index contributed by atoms with van der Waals surface area (Å²) < 4.78 is 25.0. The lowest BCUT2D eigenvalue weighted by Crippen LogP contribution is -2.42. The molecule has 1 aromatic carbocycles. The molecule has 0 amide bonds. The smallest absolute Gasteiger partial charge is 0.186 e. The number of fused-ring (bicyclic) bond motifs is 1. The molecule has 0 fully saturated rings. The molecule has 0 aliphatic carbocycles. The first-order chi connectivity index (χ1) is 8.37. The summed E-state index contributed by atoms with van der Waals surface area (Å²) in [6.45, 7) is 5.58. The molecule has 1 aliphatic rings. The predicted molar refractivity (Wildman–Crippen MR) is 70.2 cm³/mol. The molecule has 96 valence electrons. The van der Waals surface area contributed by atoms with Gasteiger partial charge in [-0.2, -0.15) is 5.26 Å². The summed E-state index contributed by atoms with van der Waals surface area (Å²) in [5, 5.41) is 11.3. The van der Waals surface area contributed by atoms with E-state index >= 15 is 0 Å². The van der Waals surface area contributed by atoms with Gasteiger partial charge in [0.05, 0.1) is 28.3 Å². The summed E-state index contributed by atoms with van der Waals surface area (Å²) in [6, 6.07) is 5.36. The van der Waals surface area contributed by atoms with E-state index in [1.807, 2.05) is 32.9 Å². The van der Waals surface area contributed by atoms with Gasteiger partial charge in [0.15, 0.2) is 9.84 Å². The maximum atomic E-state index is 12.5. The number of rotatable bonds is 1. The van der Waals surface area contributed by atoms with Crippen molar-refractivity contribution < 1.29 is 8.42 Å². The zero-order valence-corrected chi connectivity index (χ0v) is 11.5. The van der Waals surface area contributed by atoms with Gasteiger partial charge in [0.25, 0.3) is 0 Å². The highest BCUT2D eigenvalue weighted by Gasteiger charge is 2.39. The van der Waals surface area contributed by atoms with Crippen LogP contribution in [0, 0.1) is 25.2 Å². The Labute approximate surface area is 108 Å². The minimum atomic E-state index is -3.42. The molecule has 5 heteroatoms. The number of anilines is 1. The van der Waals surface area contributed by atoms with Gasteiger partial charge in [-0.1, -0.05) is 6.07 Å². The van der Waals surface area contributed by atoms with Gasteiger partial charge in [-0.3, -0.25) is 0 Å². The zero-order chi connectivity index (χ0) is 13.5. The molecule has 2 rings (SSSR count). The average molecular weight is 264 g/mol. The third-order valence-corrected chi connectivity index (χ3v) is 5.68. The number of sulfone groups is 1. The second-order valence-electron chi connectivity index (χ2n) is 4.83. The van der Waals surface area contributed by atoms with Gasteiger partial charge in [-0.25, -0.2) is 8.42 Å². The van der Waals surface area contributed by atoms with Crippen molar-refractivity contribution in [2.24, 2.45) is 0 Å². The van der Waals surface area contributed by atoms with Crippen LogP contribution in [-0.4, -0.2) is 19.7 Å². The molecular weight excluding hydrogens is 248 g/mol. The topological polar surface area (TPSA) is 70.0 Å². The van der Waals surface area contributed by atoms with Crippen LogP contribution < -0.4 is 5.32 Å². The molecule has 1 aliphatic heterocycles. The molecule has 0 spiro atoms. The van der Waals surface area contributed by atoms with E-state index in [-0.39, 0.29) is 12.5 Å². The highest BCUT2D eigenvalue weighted by Crippen LogP contribution is 2.36. The van der Waals surface area contributed by atoms with Gasteiger partial charge in [0.1, 0.15) is 0 Å². The van der Waals surface area contributed by atoms with Crippen molar-refractivity contribution in [1.82, 2.24) is 0 Å². The molecule has 0 saturated carbocycles. The third kappa shape index (κ3) is 1.87. The molecule has 2 atom stereocenters. The SMILES string of the molecule is Cc1cc(C)c2c(c1)S(=O)(=O)C(CC#N)C(C)N2. The molecule has 0 radical (unpaired) electrons. The first-order valence-corrected chi connectivity index (χ1v) is 7.41. The number of nitriles is 1. The van der Waals surface area contributed by atoms with E-state index in [0.717, 1.165) is 11.1 Å². The van der Waals surface area contributed by atoms with E-state index in [0.29, 0.717) is 10.6 Å². The van der Waals surface area contributed by atoms with Gasteiger partial charge in [-0.05, 0) is 38.0 Å². The minimum absolute atomic E-state index is 0.0168. The molecule has 4 nitrogen and oxygen atoms in total. The molecule has 0 saturated heterocycles. The summed E-state index contributed by atoms with van der Waals surface area (Å²) >= 11 is 0. The van der Waals surface area contributed by atoms with Crippen LogP contribution in [0.2, 0.25) is 0 Å². The Hall–Kier alpha value is -1.54. The van der Waals surface area contributed by atoms with Gasteiger partial charge < -0.3 is 5.32 Å². The van der Waals surface area contributed by atoms with Crippen molar-refractivity contribution in [3.63, 3.8) is 0 Å². The van der Waals surface area contributed by atoms with Crippen LogP contribution in [0.25, 0.3) is 0 Å². The van der Waals surface area contributed by atoms with Crippen molar-refractivity contribution in [2.75, 3.05) is 5.32 Å².